The number of alkyl halides is 2. The topological polar surface area (TPSA) is 96.8 Å². The molecule has 46 heavy (non-hydrogen) atoms. The summed E-state index contributed by atoms with van der Waals surface area (Å²) in [5.74, 6) is -1.11. The number of carbonyl (C=O) groups excluding carboxylic acids is 1. The Hall–Kier alpha value is -4.13. The molecule has 0 atom stereocenters. The molecule has 0 aliphatic carbocycles. The minimum atomic E-state index is -2.99. The number of nitrogens with zero attached hydrogens (tertiary/aromatic N) is 5. The van der Waals surface area contributed by atoms with Crippen LogP contribution in [0.2, 0.25) is 0 Å². The molecule has 2 aliphatic rings. The highest BCUT2D eigenvalue weighted by Crippen LogP contribution is 2.35. The number of amides is 1. The number of hydrogen-bond donors (Lipinski definition) is 2. The summed E-state index contributed by atoms with van der Waals surface area (Å²) >= 11 is 0. The molecular weight excluding hydrogens is 592 g/mol. The zero-order chi connectivity index (χ0) is 32.3. The van der Waals surface area contributed by atoms with Crippen molar-refractivity contribution in [3.05, 3.63) is 65.9 Å². The van der Waals surface area contributed by atoms with Crippen molar-refractivity contribution in [3.63, 3.8) is 0 Å². The van der Waals surface area contributed by atoms with Crippen molar-refractivity contribution in [1.82, 2.24) is 24.3 Å². The molecule has 2 aromatic carbocycles. The lowest BCUT2D eigenvalue weighted by Gasteiger charge is -2.34. The van der Waals surface area contributed by atoms with Crippen molar-refractivity contribution in [2.45, 2.75) is 39.2 Å². The van der Waals surface area contributed by atoms with E-state index < -0.39 is 5.92 Å². The Morgan fingerprint density at radius 2 is 1.76 bits per heavy atom. The van der Waals surface area contributed by atoms with Gasteiger partial charge in [0, 0.05) is 95.4 Å². The fourth-order valence-corrected chi connectivity index (χ4v) is 6.05. The van der Waals surface area contributed by atoms with E-state index in [4.69, 9.17) is 14.5 Å². The number of benzene rings is 2. The number of pyridine rings is 1. The van der Waals surface area contributed by atoms with E-state index in [1.165, 1.54) is 6.07 Å². The molecule has 0 radical (unpaired) electrons. The summed E-state index contributed by atoms with van der Waals surface area (Å²) in [6.45, 7) is 9.40. The highest BCUT2D eigenvalue weighted by Gasteiger charge is 2.29. The highest BCUT2D eigenvalue weighted by atomic mass is 19.3. The first-order chi connectivity index (χ1) is 22.2. The molecule has 10 nitrogen and oxygen atoms in total. The molecule has 2 saturated heterocycles. The third kappa shape index (κ3) is 7.46. The number of nitrogens with one attached hydrogen (secondary N) is 2. The molecule has 2 N–H and O–H groups in total. The van der Waals surface area contributed by atoms with Crippen LogP contribution in [0.3, 0.4) is 0 Å². The van der Waals surface area contributed by atoms with Gasteiger partial charge in [-0.3, -0.25) is 9.69 Å². The summed E-state index contributed by atoms with van der Waals surface area (Å²) in [5.41, 5.74) is 2.71. The quantitative estimate of drug-likeness (QED) is 0.216. The molecule has 244 valence electrons. The monoisotopic (exact) mass is 633 g/mol. The first-order valence-corrected chi connectivity index (χ1v) is 15.9. The van der Waals surface area contributed by atoms with Gasteiger partial charge in [-0.2, -0.15) is 0 Å². The van der Waals surface area contributed by atoms with Crippen molar-refractivity contribution >= 4 is 34.4 Å². The van der Waals surface area contributed by atoms with Gasteiger partial charge in [0.05, 0.1) is 11.0 Å². The number of rotatable bonds is 10. The van der Waals surface area contributed by atoms with E-state index in [1.807, 2.05) is 35.9 Å². The van der Waals surface area contributed by atoms with Crippen LogP contribution in [0.15, 0.2) is 54.7 Å². The van der Waals surface area contributed by atoms with Crippen LogP contribution in [0.4, 0.5) is 26.2 Å². The molecule has 1 amide bonds. The van der Waals surface area contributed by atoms with Gasteiger partial charge in [0.1, 0.15) is 17.3 Å². The first-order valence-electron chi connectivity index (χ1n) is 15.9. The average molecular weight is 634 g/mol. The van der Waals surface area contributed by atoms with E-state index in [9.17, 15) is 13.6 Å². The molecule has 2 aliphatic heterocycles. The summed E-state index contributed by atoms with van der Waals surface area (Å²) in [7, 11) is 1.86. The molecule has 2 fully saturated rings. The van der Waals surface area contributed by atoms with E-state index in [2.05, 4.69) is 32.3 Å². The molecular formula is C34H41F2N7O3. The number of ether oxygens (including phenoxy) is 2. The summed E-state index contributed by atoms with van der Waals surface area (Å²) in [6.07, 6.45) is 2.97. The number of likely N-dealkylation sites (N-methyl/N-ethyl adjacent to an activating group) is 1. The minimum absolute atomic E-state index is 0.0190. The van der Waals surface area contributed by atoms with Gasteiger partial charge in [0.2, 0.25) is 11.9 Å². The second-order valence-corrected chi connectivity index (χ2v) is 12.1. The van der Waals surface area contributed by atoms with E-state index in [1.54, 1.807) is 24.4 Å². The van der Waals surface area contributed by atoms with Gasteiger partial charge in [-0.1, -0.05) is 13.0 Å². The van der Waals surface area contributed by atoms with Gasteiger partial charge in [0.15, 0.2) is 0 Å². The maximum atomic E-state index is 14.8. The molecule has 12 heteroatoms. The summed E-state index contributed by atoms with van der Waals surface area (Å²) in [5, 5.41) is 6.13. The Bertz CT molecular complexity index is 1680. The largest absolute Gasteiger partial charge is 0.457 e. The highest BCUT2D eigenvalue weighted by molar-refractivity contribution is 5.91. The molecule has 0 unspecified atom stereocenters. The maximum Gasteiger partial charge on any atom is 0.270 e. The predicted molar refractivity (Wildman–Crippen MR) is 174 cm³/mol. The number of piperazine rings is 1. The van der Waals surface area contributed by atoms with E-state index >= 15 is 0 Å². The molecule has 2 aromatic heterocycles. The molecule has 4 heterocycles. The smallest absolute Gasteiger partial charge is 0.270 e. The van der Waals surface area contributed by atoms with Gasteiger partial charge in [-0.25, -0.2) is 18.7 Å². The Balaban J connectivity index is 1.15. The minimum Gasteiger partial charge on any atom is -0.457 e. The van der Waals surface area contributed by atoms with Crippen molar-refractivity contribution in [2.75, 3.05) is 56.6 Å². The number of fused-ring (bicyclic) bond motifs is 1. The van der Waals surface area contributed by atoms with Gasteiger partial charge in [-0.15, -0.1) is 0 Å². The number of aromatic nitrogens is 3. The SMILES string of the molecule is CCN1CCN(Cc2ccc(Nc3nc4ccc(Oc5ccnc(NC(=O)C6CCOCC6)c5)cc4n3C)cc2C(C)(F)F)CC1. The number of carbonyl (C=O) groups is 1. The second kappa shape index (κ2) is 13.7. The van der Waals surface area contributed by atoms with Crippen LogP contribution in [0, 0.1) is 5.92 Å². The Labute approximate surface area is 267 Å². The maximum absolute atomic E-state index is 14.8. The molecule has 6 rings (SSSR count). The predicted octanol–water partition coefficient (Wildman–Crippen LogP) is 6.12. The van der Waals surface area contributed by atoms with Crippen LogP contribution in [-0.4, -0.2) is 76.2 Å². The van der Waals surface area contributed by atoms with E-state index in [0.29, 0.717) is 67.1 Å². The van der Waals surface area contributed by atoms with Gasteiger partial charge >= 0.3 is 0 Å². The number of hydrogen-bond acceptors (Lipinski definition) is 8. The standard InChI is InChI=1S/C34H41F2N7O3/c1-4-42-13-15-43(16-14-42)22-24-5-6-25(19-28(24)34(2,35)36)38-33-39-29-8-7-26(20-30(29)41(33)3)46-27-9-12-37-31(21-27)40-32(44)23-10-17-45-18-11-23/h5-9,12,19-21,23H,4,10-11,13-18,22H2,1-3H3,(H,38,39)(H,37,40,44). The summed E-state index contributed by atoms with van der Waals surface area (Å²) in [4.78, 5) is 26.2. The fourth-order valence-electron chi connectivity index (χ4n) is 6.05. The van der Waals surface area contributed by atoms with Crippen LogP contribution < -0.4 is 15.4 Å². The number of anilines is 3. The van der Waals surface area contributed by atoms with Gasteiger partial charge in [-0.05, 0) is 55.3 Å². The number of halogens is 2. The van der Waals surface area contributed by atoms with E-state index in [0.717, 1.165) is 50.7 Å². The molecule has 4 aromatic rings. The zero-order valence-electron chi connectivity index (χ0n) is 26.6. The Kier molecular flexibility index (Phi) is 9.48. The van der Waals surface area contributed by atoms with Crippen molar-refractivity contribution in [2.24, 2.45) is 13.0 Å². The fraction of sp³-hybridized carbons (Fsp3) is 0.441. The van der Waals surface area contributed by atoms with Crippen LogP contribution >= 0.6 is 0 Å². The third-order valence-corrected chi connectivity index (χ3v) is 8.81. The van der Waals surface area contributed by atoms with Crippen molar-refractivity contribution < 1.29 is 23.0 Å². The van der Waals surface area contributed by atoms with Crippen LogP contribution in [-0.2, 0) is 29.0 Å². The zero-order valence-corrected chi connectivity index (χ0v) is 26.6. The van der Waals surface area contributed by atoms with Crippen LogP contribution in [0.1, 0.15) is 37.8 Å². The van der Waals surface area contributed by atoms with E-state index in [-0.39, 0.29) is 17.4 Å². The molecule has 0 saturated carbocycles. The van der Waals surface area contributed by atoms with Gasteiger partial charge in [0.25, 0.3) is 5.92 Å². The number of imidazole rings is 1. The number of aryl methyl sites for hydroxylation is 1. The van der Waals surface area contributed by atoms with Crippen LogP contribution in [0.25, 0.3) is 11.0 Å². The molecule has 0 spiro atoms. The van der Waals surface area contributed by atoms with Crippen LogP contribution in [0.5, 0.6) is 11.5 Å². The molecule has 0 bridgehead atoms. The lowest BCUT2D eigenvalue weighted by molar-refractivity contribution is -0.122. The van der Waals surface area contributed by atoms with Crippen molar-refractivity contribution in [3.8, 4) is 11.5 Å². The average Bonchev–Trinajstić information content (AvgIpc) is 3.36. The first kappa shape index (κ1) is 31.8. The normalized spacial score (nSPS) is 16.9. The van der Waals surface area contributed by atoms with Gasteiger partial charge < -0.3 is 29.6 Å². The summed E-state index contributed by atoms with van der Waals surface area (Å²) in [6, 6.07) is 14.1. The lowest BCUT2D eigenvalue weighted by Crippen LogP contribution is -2.45. The second-order valence-electron chi connectivity index (χ2n) is 12.1. The summed E-state index contributed by atoms with van der Waals surface area (Å²) < 4.78 is 43.0. The van der Waals surface area contributed by atoms with Crippen molar-refractivity contribution in [1.29, 1.82) is 0 Å². The third-order valence-electron chi connectivity index (χ3n) is 8.81. The Morgan fingerprint density at radius 3 is 2.50 bits per heavy atom. The lowest BCUT2D eigenvalue weighted by atomic mass is 9.99. The Morgan fingerprint density at radius 1 is 1.02 bits per heavy atom.